The van der Waals surface area contributed by atoms with Crippen molar-refractivity contribution in [1.29, 1.82) is 0 Å². The molecule has 1 amide bonds. The van der Waals surface area contributed by atoms with Gasteiger partial charge in [0.1, 0.15) is 11.8 Å². The Morgan fingerprint density at radius 1 is 1.02 bits per heavy atom. The molecule has 3 aromatic carbocycles. The Morgan fingerprint density at radius 2 is 1.65 bits per heavy atom. The minimum absolute atomic E-state index is 0.00163. The lowest BCUT2D eigenvalue weighted by atomic mass is 10.0. The van der Waals surface area contributed by atoms with Crippen LogP contribution >= 0.6 is 0 Å². The maximum absolute atomic E-state index is 13.0. The van der Waals surface area contributed by atoms with E-state index >= 15 is 0 Å². The van der Waals surface area contributed by atoms with Crippen molar-refractivity contribution >= 4 is 44.1 Å². The molecule has 0 unspecified atom stereocenters. The number of nitrogens with zero attached hydrogens (tertiary/aromatic N) is 4. The normalized spacial score (nSPS) is 12.6. The molecule has 0 bridgehead atoms. The van der Waals surface area contributed by atoms with Crippen molar-refractivity contribution in [3.8, 4) is 0 Å². The van der Waals surface area contributed by atoms with E-state index in [1.807, 2.05) is 0 Å². The summed E-state index contributed by atoms with van der Waals surface area (Å²) in [5, 5.41) is 42.2. The molecule has 0 aliphatic rings. The molecule has 0 fully saturated rings. The van der Waals surface area contributed by atoms with E-state index in [9.17, 15) is 43.3 Å². The smallest absolute Gasteiger partial charge is 0.276 e. The Bertz CT molecular complexity index is 1870. The van der Waals surface area contributed by atoms with Gasteiger partial charge in [0.15, 0.2) is 5.69 Å². The number of fused-ring (bicyclic) bond motifs is 1. The highest BCUT2D eigenvalue weighted by atomic mass is 32.2. The van der Waals surface area contributed by atoms with Crippen LogP contribution in [-0.2, 0) is 10.0 Å². The number of amides is 1. The summed E-state index contributed by atoms with van der Waals surface area (Å²) in [6.07, 6.45) is -1.78. The summed E-state index contributed by atoms with van der Waals surface area (Å²) in [5.74, 6) is -1.06. The number of H-pyrrole nitrogens is 1. The van der Waals surface area contributed by atoms with Crippen molar-refractivity contribution < 1.29 is 28.2 Å². The number of non-ortho nitro benzene ring substituents is 2. The van der Waals surface area contributed by atoms with Crippen LogP contribution in [0.4, 0.5) is 11.4 Å². The third-order valence-corrected chi connectivity index (χ3v) is 6.49. The number of aromatic nitrogens is 2. The van der Waals surface area contributed by atoms with E-state index in [0.717, 1.165) is 36.4 Å². The van der Waals surface area contributed by atoms with Crippen LogP contribution in [0.3, 0.4) is 0 Å². The SMILES string of the molecule is NS(=O)(=O)c1ccccc1C(=O)N/N=C(\c1nc2ccc([N+](=O)[O-])cc2[nH]c1=O)[C@@H](O)c1ccc([N+](=O)[O-])cc1. The summed E-state index contributed by atoms with van der Waals surface area (Å²) in [5.41, 5.74) is -0.828. The molecule has 1 heterocycles. The standard InChI is InChI=1S/C23H17N7O9S/c24-40(38,39)18-4-2-1-3-15(18)22(32)28-27-19(21(31)12-5-7-13(8-6-12)29(34)35)20-23(33)26-17-11-14(30(36)37)9-10-16(17)25-20/h1-11,21,31H,(H,26,33)(H,28,32)(H2,24,38,39)/b27-19+/t21-/m0/s1. The summed E-state index contributed by atoms with van der Waals surface area (Å²) in [7, 11) is -4.31. The molecule has 16 nitrogen and oxygen atoms in total. The predicted octanol–water partition coefficient (Wildman–Crippen LogP) is 1.25. The van der Waals surface area contributed by atoms with Gasteiger partial charge in [-0.1, -0.05) is 12.1 Å². The van der Waals surface area contributed by atoms with Crippen LogP contribution in [0.1, 0.15) is 27.7 Å². The van der Waals surface area contributed by atoms with Crippen molar-refractivity contribution in [1.82, 2.24) is 15.4 Å². The molecule has 0 aliphatic heterocycles. The van der Waals surface area contributed by atoms with Gasteiger partial charge in [-0.3, -0.25) is 29.8 Å². The maximum Gasteiger partial charge on any atom is 0.276 e. The summed E-state index contributed by atoms with van der Waals surface area (Å²) < 4.78 is 23.8. The van der Waals surface area contributed by atoms with Gasteiger partial charge in [-0.25, -0.2) is 24.0 Å². The first-order valence-corrected chi connectivity index (χ1v) is 12.5. The van der Waals surface area contributed by atoms with Crippen LogP contribution in [0.15, 0.2) is 81.5 Å². The van der Waals surface area contributed by atoms with E-state index in [1.54, 1.807) is 0 Å². The average molecular weight is 567 g/mol. The molecule has 0 radical (unpaired) electrons. The Morgan fingerprint density at radius 3 is 2.27 bits per heavy atom. The van der Waals surface area contributed by atoms with Crippen LogP contribution < -0.4 is 16.1 Å². The first-order chi connectivity index (χ1) is 18.9. The molecule has 204 valence electrons. The number of primary sulfonamides is 1. The number of nitrogens with two attached hydrogens (primary N) is 1. The van der Waals surface area contributed by atoms with Gasteiger partial charge in [0, 0.05) is 24.3 Å². The molecule has 17 heteroatoms. The first-order valence-electron chi connectivity index (χ1n) is 11.0. The highest BCUT2D eigenvalue weighted by Crippen LogP contribution is 2.23. The number of aliphatic hydroxyl groups excluding tert-OH is 1. The molecule has 0 saturated carbocycles. The van der Waals surface area contributed by atoms with Crippen LogP contribution in [0, 0.1) is 20.2 Å². The van der Waals surface area contributed by atoms with Gasteiger partial charge in [0.05, 0.1) is 31.3 Å². The lowest BCUT2D eigenvalue weighted by Crippen LogP contribution is -2.30. The molecule has 1 atom stereocenters. The van der Waals surface area contributed by atoms with Crippen LogP contribution in [0.25, 0.3) is 11.0 Å². The van der Waals surface area contributed by atoms with Gasteiger partial charge < -0.3 is 10.1 Å². The first kappa shape index (κ1) is 27.6. The molecule has 0 spiro atoms. The van der Waals surface area contributed by atoms with Crippen molar-refractivity contribution in [2.75, 3.05) is 0 Å². The monoisotopic (exact) mass is 567 g/mol. The average Bonchev–Trinajstić information content (AvgIpc) is 2.92. The third-order valence-electron chi connectivity index (χ3n) is 5.52. The second kappa shape index (κ2) is 10.8. The quantitative estimate of drug-likeness (QED) is 0.135. The highest BCUT2D eigenvalue weighted by Gasteiger charge is 2.25. The van der Waals surface area contributed by atoms with E-state index in [2.05, 4.69) is 20.5 Å². The zero-order valence-electron chi connectivity index (χ0n) is 19.9. The van der Waals surface area contributed by atoms with Crippen LogP contribution in [0.5, 0.6) is 0 Å². The summed E-state index contributed by atoms with van der Waals surface area (Å²) in [6.45, 7) is 0. The molecule has 1 aromatic heterocycles. The molecule has 4 rings (SSSR count). The lowest BCUT2D eigenvalue weighted by molar-refractivity contribution is -0.385. The van der Waals surface area contributed by atoms with E-state index in [4.69, 9.17) is 5.14 Å². The fourth-order valence-corrected chi connectivity index (χ4v) is 4.35. The number of nitro groups is 2. The van der Waals surface area contributed by atoms with E-state index in [1.165, 1.54) is 30.3 Å². The van der Waals surface area contributed by atoms with Crippen molar-refractivity contribution in [3.63, 3.8) is 0 Å². The maximum atomic E-state index is 13.0. The zero-order chi connectivity index (χ0) is 29.2. The van der Waals surface area contributed by atoms with Crippen LogP contribution in [0.2, 0.25) is 0 Å². The Kier molecular flexibility index (Phi) is 7.44. The van der Waals surface area contributed by atoms with E-state index in [-0.39, 0.29) is 33.5 Å². The van der Waals surface area contributed by atoms with Gasteiger partial charge in [-0.05, 0) is 35.9 Å². The molecule has 40 heavy (non-hydrogen) atoms. The lowest BCUT2D eigenvalue weighted by Gasteiger charge is -2.14. The van der Waals surface area contributed by atoms with Gasteiger partial charge >= 0.3 is 0 Å². The number of nitrogens with one attached hydrogen (secondary N) is 2. The third kappa shape index (κ3) is 5.70. The van der Waals surface area contributed by atoms with E-state index < -0.39 is 53.7 Å². The number of carbonyl (C=O) groups excluding carboxylic acids is 1. The molecular formula is C23H17N7O9S. The Labute approximate surface area is 223 Å². The minimum atomic E-state index is -4.31. The largest absolute Gasteiger partial charge is 0.382 e. The van der Waals surface area contributed by atoms with Crippen molar-refractivity contribution in [2.45, 2.75) is 11.0 Å². The van der Waals surface area contributed by atoms with E-state index in [0.29, 0.717) is 0 Å². The molecule has 4 aromatic rings. The molecule has 0 saturated heterocycles. The second-order valence-corrected chi connectivity index (χ2v) is 9.63. The number of benzene rings is 3. The number of carbonyl (C=O) groups is 1. The number of nitro benzene ring substituents is 2. The fourth-order valence-electron chi connectivity index (χ4n) is 3.61. The molecule has 5 N–H and O–H groups in total. The number of sulfonamides is 1. The minimum Gasteiger partial charge on any atom is -0.382 e. The van der Waals surface area contributed by atoms with Crippen molar-refractivity contribution in [3.05, 3.63) is 114 Å². The predicted molar refractivity (Wildman–Crippen MR) is 139 cm³/mol. The number of hydrogen-bond donors (Lipinski definition) is 4. The molecule has 0 aliphatic carbocycles. The Balaban J connectivity index is 1.83. The highest BCUT2D eigenvalue weighted by molar-refractivity contribution is 7.89. The number of aliphatic hydroxyl groups is 1. The van der Waals surface area contributed by atoms with Gasteiger partial charge in [-0.15, -0.1) is 0 Å². The number of hydrogen-bond acceptors (Lipinski definition) is 11. The number of rotatable bonds is 8. The second-order valence-electron chi connectivity index (χ2n) is 8.10. The molecular weight excluding hydrogens is 550 g/mol. The van der Waals surface area contributed by atoms with Crippen molar-refractivity contribution in [2.24, 2.45) is 10.2 Å². The Hall–Kier alpha value is -5.39. The van der Waals surface area contributed by atoms with Gasteiger partial charge in [0.2, 0.25) is 10.0 Å². The fraction of sp³-hybridized carbons (Fsp3) is 0.0435. The summed E-state index contributed by atoms with van der Waals surface area (Å²) in [6, 6.07) is 13.0. The summed E-state index contributed by atoms with van der Waals surface area (Å²) in [4.78, 5) is 52.6. The topological polar surface area (TPSA) is 254 Å². The van der Waals surface area contributed by atoms with Gasteiger partial charge in [-0.2, -0.15) is 5.10 Å². The van der Waals surface area contributed by atoms with Crippen LogP contribution in [-0.4, -0.2) is 45.0 Å². The van der Waals surface area contributed by atoms with Gasteiger partial charge in [0.25, 0.3) is 22.8 Å². The number of hydrazone groups is 1. The zero-order valence-corrected chi connectivity index (χ0v) is 20.7. The summed E-state index contributed by atoms with van der Waals surface area (Å²) >= 11 is 0. The number of aromatic amines is 1.